The molecule has 0 saturated carbocycles. The van der Waals surface area contributed by atoms with E-state index in [4.69, 9.17) is 15.1 Å². The maximum Gasteiger partial charge on any atom is 1.00 e. The van der Waals surface area contributed by atoms with Gasteiger partial charge in [0, 0.05) is 0 Å². The molecule has 0 rings (SSSR count). The molecule has 0 aliphatic heterocycles. The number of carbonyl (C=O) groups excluding carboxylic acids is 1. The molecule has 3 N–H and O–H groups in total. The Balaban J connectivity index is -0.000000202. The van der Waals surface area contributed by atoms with Crippen molar-refractivity contribution in [1.82, 2.24) is 0 Å². The number of aliphatic carboxylic acids is 2. The van der Waals surface area contributed by atoms with Crippen molar-refractivity contribution in [2.45, 2.75) is 75.9 Å². The molecule has 0 bridgehead atoms. The van der Waals surface area contributed by atoms with Crippen LogP contribution in [0.2, 0.25) is 0 Å². The van der Waals surface area contributed by atoms with Crippen LogP contribution < -0.4 is 69.3 Å². The van der Waals surface area contributed by atoms with Crippen LogP contribution in [-0.4, -0.2) is 40.7 Å². The van der Waals surface area contributed by atoms with E-state index in [-0.39, 0.29) is 59.1 Å². The van der Waals surface area contributed by atoms with Crippen molar-refractivity contribution >= 4 is 28.0 Å². The molecule has 0 fully saturated rings. The molecule has 158 valence electrons. The molecule has 0 aliphatic carbocycles. The Labute approximate surface area is 217 Å². The van der Waals surface area contributed by atoms with Gasteiger partial charge in [0.2, 0.25) is 0 Å². The molecule has 0 amide bonds. The van der Waals surface area contributed by atoms with Crippen molar-refractivity contribution in [2.24, 2.45) is 0 Å². The number of hydrogen-bond donors (Lipinski definition) is 3. The largest absolute Gasteiger partial charge is 1.00 e. The second-order valence-corrected chi connectivity index (χ2v) is 7.78. The van der Waals surface area contributed by atoms with Gasteiger partial charge in [0.05, 0.1) is 12.4 Å². The Morgan fingerprint density at radius 3 is 1.79 bits per heavy atom. The maximum atomic E-state index is 10.7. The minimum absolute atomic E-state index is 0. The summed E-state index contributed by atoms with van der Waals surface area (Å²) in [6.07, 6.45) is 8.64. The Hall–Kier alpha value is 0.0600. The van der Waals surface area contributed by atoms with Gasteiger partial charge >= 0.3 is 65.1 Å². The molecular weight excluding hydrogens is 424 g/mol. The van der Waals surface area contributed by atoms with Crippen molar-refractivity contribution in [3.8, 4) is 0 Å². The monoisotopic (exact) mass is 453 g/mol. The topological polar surface area (TPSA) is 179 Å². The number of hydrogen-bond acceptors (Lipinski definition) is 7. The van der Waals surface area contributed by atoms with Gasteiger partial charge in [-0.05, 0) is 38.0 Å². The van der Waals surface area contributed by atoms with Crippen molar-refractivity contribution in [3.63, 3.8) is 0 Å². The summed E-state index contributed by atoms with van der Waals surface area (Å²) in [6.45, 7) is 4.80. The molecule has 1 atom stereocenters. The molecule has 29 heavy (non-hydrogen) atoms. The minimum Gasteiger partial charge on any atom is -0.862 e. The van der Waals surface area contributed by atoms with Crippen LogP contribution in [0.15, 0.2) is 12.7 Å². The number of nitrogens with one attached hydrogen (secondary N) is 1. The molecule has 12 heteroatoms. The second-order valence-electron chi connectivity index (χ2n) is 6.05. The SMILES string of the molecule is C=CCCCCCCCCC(=N)[O-].CCC(CC(=O)O)(C(=O)[O-])S(=O)(=O)O.[Na+].[Na+]. The first-order chi connectivity index (χ1) is 12.4. The van der Waals surface area contributed by atoms with Crippen LogP contribution in [0.4, 0.5) is 0 Å². The fourth-order valence-corrected chi connectivity index (χ4v) is 3.13. The summed E-state index contributed by atoms with van der Waals surface area (Å²) in [4.78, 5) is 20.8. The van der Waals surface area contributed by atoms with Crippen LogP contribution in [0.5, 0.6) is 0 Å². The van der Waals surface area contributed by atoms with Crippen molar-refractivity contribution < 1.29 is 97.0 Å². The van der Waals surface area contributed by atoms with E-state index in [0.717, 1.165) is 26.2 Å². The first-order valence-electron chi connectivity index (χ1n) is 8.70. The van der Waals surface area contributed by atoms with Crippen LogP contribution >= 0.6 is 0 Å². The maximum absolute atomic E-state index is 10.7. The van der Waals surface area contributed by atoms with E-state index in [2.05, 4.69) is 6.58 Å². The average molecular weight is 453 g/mol. The summed E-state index contributed by atoms with van der Waals surface area (Å²) in [6, 6.07) is 0. The van der Waals surface area contributed by atoms with E-state index in [1.54, 1.807) is 0 Å². The van der Waals surface area contributed by atoms with E-state index >= 15 is 0 Å². The zero-order valence-corrected chi connectivity index (χ0v) is 22.4. The first kappa shape index (κ1) is 36.4. The molecule has 0 aromatic carbocycles. The van der Waals surface area contributed by atoms with Crippen molar-refractivity contribution in [2.75, 3.05) is 0 Å². The third-order valence-corrected chi connectivity index (χ3v) is 5.52. The third kappa shape index (κ3) is 17.4. The Morgan fingerprint density at radius 1 is 1.07 bits per heavy atom. The number of rotatable bonds is 14. The van der Waals surface area contributed by atoms with Crippen LogP contribution in [0.3, 0.4) is 0 Å². The van der Waals surface area contributed by atoms with Crippen LogP contribution in [0.25, 0.3) is 0 Å². The fourth-order valence-electron chi connectivity index (χ4n) is 2.25. The summed E-state index contributed by atoms with van der Waals surface area (Å²) >= 11 is 0. The van der Waals surface area contributed by atoms with E-state index in [9.17, 15) is 28.2 Å². The van der Waals surface area contributed by atoms with Gasteiger partial charge in [0.15, 0.2) is 0 Å². The van der Waals surface area contributed by atoms with Gasteiger partial charge in [-0.3, -0.25) is 9.35 Å². The van der Waals surface area contributed by atoms with E-state index in [0.29, 0.717) is 6.42 Å². The van der Waals surface area contributed by atoms with E-state index in [1.165, 1.54) is 25.7 Å². The number of allylic oxidation sites excluding steroid dienone is 1. The van der Waals surface area contributed by atoms with Crippen LogP contribution in [0.1, 0.15) is 71.1 Å². The van der Waals surface area contributed by atoms with E-state index < -0.39 is 45.5 Å². The number of unbranched alkanes of at least 4 members (excludes halogenated alkanes) is 6. The van der Waals surface area contributed by atoms with Gasteiger partial charge in [-0.2, -0.15) is 8.42 Å². The van der Waals surface area contributed by atoms with Crippen LogP contribution in [0, 0.1) is 5.41 Å². The third-order valence-electron chi connectivity index (χ3n) is 3.94. The summed E-state index contributed by atoms with van der Waals surface area (Å²) in [7, 11) is -5.01. The molecule has 1 unspecified atom stereocenters. The smallest absolute Gasteiger partial charge is 0.862 e. The molecule has 0 radical (unpaired) electrons. The molecule has 0 aliphatic rings. The zero-order valence-electron chi connectivity index (χ0n) is 17.6. The van der Waals surface area contributed by atoms with Gasteiger partial charge in [0.25, 0.3) is 10.1 Å². The molecule has 0 saturated heterocycles. The molecule has 0 heterocycles. The second kappa shape index (κ2) is 20.0. The average Bonchev–Trinajstić information content (AvgIpc) is 2.53. The Bertz CT molecular complexity index is 598. The molecule has 0 aromatic rings. The van der Waals surface area contributed by atoms with Crippen molar-refractivity contribution in [3.05, 3.63) is 12.7 Å². The van der Waals surface area contributed by atoms with Gasteiger partial charge in [-0.15, -0.1) is 6.58 Å². The quantitative estimate of drug-likeness (QED) is 0.0583. The van der Waals surface area contributed by atoms with Gasteiger partial charge in [0.1, 0.15) is 4.75 Å². The minimum atomic E-state index is -5.01. The predicted molar refractivity (Wildman–Crippen MR) is 96.7 cm³/mol. The molecule has 0 aromatic heterocycles. The van der Waals surface area contributed by atoms with Gasteiger partial charge in [-0.1, -0.05) is 38.7 Å². The molecule has 9 nitrogen and oxygen atoms in total. The Kier molecular flexibility index (Phi) is 25.1. The predicted octanol–water partition coefficient (Wildman–Crippen LogP) is -5.11. The standard InChI is InChI=1S/C11H21NO.C6H10O7S.2Na/c1-2-3-4-5-6-7-8-9-10-11(12)13;1-2-6(5(9)10,3-4(7)8)14(11,12)13;;/h2H,1,3-10H2,(H2,12,13);2-3H2,1H3,(H,7,8)(H,9,10)(H,11,12,13);;/q;;2*+1/p-2. The summed E-state index contributed by atoms with van der Waals surface area (Å²) in [5.41, 5.74) is 0. The molecular formula is C17H29NNa2O8S. The normalized spacial score (nSPS) is 12.1. The summed E-state index contributed by atoms with van der Waals surface area (Å²) in [5.74, 6) is -4.19. The summed E-state index contributed by atoms with van der Waals surface area (Å²) in [5, 5.41) is 35.8. The van der Waals surface area contributed by atoms with Gasteiger partial charge in [-0.25, -0.2) is 0 Å². The first-order valence-corrected chi connectivity index (χ1v) is 10.1. The number of carbonyl (C=O) groups is 2. The number of carboxylic acids is 2. The van der Waals surface area contributed by atoms with Gasteiger partial charge < -0.3 is 25.5 Å². The van der Waals surface area contributed by atoms with E-state index in [1.807, 2.05) is 6.08 Å². The number of carboxylic acid groups (broad SMARTS) is 2. The Morgan fingerprint density at radius 2 is 1.52 bits per heavy atom. The van der Waals surface area contributed by atoms with Crippen LogP contribution in [-0.2, 0) is 19.7 Å². The summed E-state index contributed by atoms with van der Waals surface area (Å²) < 4.78 is 27.3. The molecule has 0 spiro atoms. The zero-order chi connectivity index (χ0) is 21.5. The fraction of sp³-hybridized carbons (Fsp3) is 0.706. The van der Waals surface area contributed by atoms with Crippen molar-refractivity contribution in [1.29, 1.82) is 5.41 Å².